The summed E-state index contributed by atoms with van der Waals surface area (Å²) in [7, 11) is 2.19. The van der Waals surface area contributed by atoms with Gasteiger partial charge in [0.05, 0.1) is 6.54 Å². The smallest absolute Gasteiger partial charge is 0.357 e. The molecule has 1 fully saturated rings. The monoisotopic (exact) mass is 533 g/mol. The van der Waals surface area contributed by atoms with Crippen LogP contribution in [-0.2, 0) is 12.7 Å². The van der Waals surface area contributed by atoms with Gasteiger partial charge in [-0.1, -0.05) is 19.3 Å². The molecule has 1 aromatic heterocycles. The molecule has 0 saturated heterocycles. The fourth-order valence-corrected chi connectivity index (χ4v) is 3.97. The standard InChI is InChI=1S/C18H30F3N5S.HI/c1-3-22-17(24-12-16-25-15(13-27-16)18(19,20)21)23-10-7-11-26(2)14-8-5-4-6-9-14;/h13-14H,3-12H2,1-2H3,(H2,22,23,24);1H. The zero-order valence-electron chi connectivity index (χ0n) is 16.5. The molecule has 0 aliphatic heterocycles. The average molecular weight is 533 g/mol. The van der Waals surface area contributed by atoms with Crippen LogP contribution in [0.1, 0.15) is 56.2 Å². The molecule has 0 amide bonds. The van der Waals surface area contributed by atoms with Gasteiger partial charge in [0.1, 0.15) is 5.01 Å². The van der Waals surface area contributed by atoms with Crippen LogP contribution in [0.2, 0.25) is 0 Å². The van der Waals surface area contributed by atoms with Crippen molar-refractivity contribution in [3.8, 4) is 0 Å². The maximum Gasteiger partial charge on any atom is 0.434 e. The average Bonchev–Trinajstić information content (AvgIpc) is 3.13. The third-order valence-corrected chi connectivity index (χ3v) is 5.57. The zero-order chi connectivity index (χ0) is 19.7. The second kappa shape index (κ2) is 12.8. The van der Waals surface area contributed by atoms with Gasteiger partial charge in [0.25, 0.3) is 0 Å². The minimum Gasteiger partial charge on any atom is -0.357 e. The maximum absolute atomic E-state index is 12.6. The molecule has 10 heteroatoms. The summed E-state index contributed by atoms with van der Waals surface area (Å²) in [6.07, 6.45) is 3.20. The summed E-state index contributed by atoms with van der Waals surface area (Å²) in [6, 6.07) is 0.702. The van der Waals surface area contributed by atoms with Gasteiger partial charge in [-0.15, -0.1) is 35.3 Å². The van der Waals surface area contributed by atoms with E-state index in [0.29, 0.717) is 23.6 Å². The van der Waals surface area contributed by atoms with Crippen LogP contribution in [0.3, 0.4) is 0 Å². The number of rotatable bonds is 8. The first kappa shape index (κ1) is 25.4. The zero-order valence-corrected chi connectivity index (χ0v) is 19.7. The normalized spacial score (nSPS) is 16.1. The highest BCUT2D eigenvalue weighted by Crippen LogP contribution is 2.30. The summed E-state index contributed by atoms with van der Waals surface area (Å²) in [5, 5.41) is 7.77. The van der Waals surface area contributed by atoms with Crippen molar-refractivity contribution in [3.05, 3.63) is 16.1 Å². The Balaban J connectivity index is 0.00000392. The first-order valence-electron chi connectivity index (χ1n) is 9.64. The van der Waals surface area contributed by atoms with Gasteiger partial charge < -0.3 is 15.5 Å². The predicted octanol–water partition coefficient (Wildman–Crippen LogP) is 4.49. The Bertz CT molecular complexity index is 588. The molecule has 1 aliphatic carbocycles. The molecular weight excluding hydrogens is 502 g/mol. The van der Waals surface area contributed by atoms with Gasteiger partial charge in [-0.2, -0.15) is 13.2 Å². The lowest BCUT2D eigenvalue weighted by Gasteiger charge is -2.31. The number of aromatic nitrogens is 1. The molecule has 0 bridgehead atoms. The highest BCUT2D eigenvalue weighted by molar-refractivity contribution is 14.0. The topological polar surface area (TPSA) is 52.6 Å². The molecule has 28 heavy (non-hydrogen) atoms. The van der Waals surface area contributed by atoms with Crippen molar-refractivity contribution in [2.75, 3.05) is 26.7 Å². The van der Waals surface area contributed by atoms with Crippen molar-refractivity contribution in [2.24, 2.45) is 4.99 Å². The third-order valence-electron chi connectivity index (χ3n) is 4.74. The number of alkyl halides is 3. The van der Waals surface area contributed by atoms with Crippen LogP contribution >= 0.6 is 35.3 Å². The van der Waals surface area contributed by atoms with E-state index in [0.717, 1.165) is 36.2 Å². The molecule has 0 aromatic carbocycles. The van der Waals surface area contributed by atoms with E-state index < -0.39 is 11.9 Å². The Morgan fingerprint density at radius 3 is 2.61 bits per heavy atom. The summed E-state index contributed by atoms with van der Waals surface area (Å²) in [4.78, 5) is 10.4. The molecule has 0 atom stereocenters. The number of nitrogens with zero attached hydrogens (tertiary/aromatic N) is 3. The summed E-state index contributed by atoms with van der Waals surface area (Å²) in [5.41, 5.74) is -0.846. The Hall–Kier alpha value is -0.620. The van der Waals surface area contributed by atoms with Gasteiger partial charge in [-0.3, -0.25) is 0 Å². The van der Waals surface area contributed by atoms with E-state index in [2.05, 4.69) is 32.6 Å². The minimum absolute atomic E-state index is 0. The Kier molecular flexibility index (Phi) is 11.7. The molecule has 2 rings (SSSR count). The van der Waals surface area contributed by atoms with Crippen LogP contribution in [0, 0.1) is 0 Å². The third kappa shape index (κ3) is 8.81. The molecule has 0 radical (unpaired) electrons. The van der Waals surface area contributed by atoms with Crippen LogP contribution in [0.4, 0.5) is 13.2 Å². The van der Waals surface area contributed by atoms with Crippen LogP contribution < -0.4 is 10.6 Å². The quantitative estimate of drug-likeness (QED) is 0.224. The van der Waals surface area contributed by atoms with Crippen LogP contribution in [-0.4, -0.2) is 48.6 Å². The molecule has 5 nitrogen and oxygen atoms in total. The van der Waals surface area contributed by atoms with E-state index in [1.165, 1.54) is 32.1 Å². The molecule has 1 heterocycles. The van der Waals surface area contributed by atoms with Gasteiger partial charge in [-0.05, 0) is 39.8 Å². The summed E-state index contributed by atoms with van der Waals surface area (Å²) in [5.74, 6) is 0.613. The lowest BCUT2D eigenvalue weighted by Crippen LogP contribution is -2.39. The van der Waals surface area contributed by atoms with Crippen molar-refractivity contribution >= 4 is 41.3 Å². The second-order valence-corrected chi connectivity index (χ2v) is 7.81. The Morgan fingerprint density at radius 1 is 1.29 bits per heavy atom. The number of guanidine groups is 1. The van der Waals surface area contributed by atoms with Crippen molar-refractivity contribution < 1.29 is 13.2 Å². The number of aliphatic imine (C=N–C) groups is 1. The number of hydrogen-bond donors (Lipinski definition) is 2. The summed E-state index contributed by atoms with van der Waals surface area (Å²) in [6.45, 7) is 4.59. The van der Waals surface area contributed by atoms with E-state index in [-0.39, 0.29) is 30.5 Å². The number of thiazole rings is 1. The van der Waals surface area contributed by atoms with Gasteiger partial charge in [0, 0.05) is 24.5 Å². The van der Waals surface area contributed by atoms with Crippen LogP contribution in [0.5, 0.6) is 0 Å². The van der Waals surface area contributed by atoms with E-state index in [4.69, 9.17) is 0 Å². The number of nitrogens with one attached hydrogen (secondary N) is 2. The SMILES string of the molecule is CCNC(=NCc1nc(C(F)(F)F)cs1)NCCCN(C)C1CCCCC1.I. The number of halogens is 4. The lowest BCUT2D eigenvalue weighted by molar-refractivity contribution is -0.140. The first-order valence-corrected chi connectivity index (χ1v) is 10.5. The number of hydrogen-bond acceptors (Lipinski definition) is 4. The second-order valence-electron chi connectivity index (χ2n) is 6.87. The first-order chi connectivity index (χ1) is 12.9. The molecule has 1 saturated carbocycles. The molecule has 162 valence electrons. The maximum atomic E-state index is 12.6. The van der Waals surface area contributed by atoms with Crippen LogP contribution in [0.15, 0.2) is 10.4 Å². The molecule has 2 N–H and O–H groups in total. The van der Waals surface area contributed by atoms with Crippen molar-refractivity contribution in [1.82, 2.24) is 20.5 Å². The molecular formula is C18H31F3IN5S. The van der Waals surface area contributed by atoms with Gasteiger partial charge in [0.15, 0.2) is 11.7 Å². The molecule has 0 unspecified atom stereocenters. The van der Waals surface area contributed by atoms with Gasteiger partial charge in [-0.25, -0.2) is 9.98 Å². The van der Waals surface area contributed by atoms with Gasteiger partial charge >= 0.3 is 6.18 Å². The Labute approximate surface area is 186 Å². The highest BCUT2D eigenvalue weighted by atomic mass is 127. The van der Waals surface area contributed by atoms with E-state index in [1.807, 2.05) is 6.92 Å². The van der Waals surface area contributed by atoms with Gasteiger partial charge in [0.2, 0.25) is 0 Å². The molecule has 0 spiro atoms. The van der Waals surface area contributed by atoms with E-state index in [9.17, 15) is 13.2 Å². The summed E-state index contributed by atoms with van der Waals surface area (Å²) >= 11 is 0.984. The van der Waals surface area contributed by atoms with E-state index >= 15 is 0 Å². The fraction of sp³-hybridized carbons (Fsp3) is 0.778. The van der Waals surface area contributed by atoms with E-state index in [1.54, 1.807) is 0 Å². The van der Waals surface area contributed by atoms with Crippen molar-refractivity contribution in [2.45, 2.75) is 64.2 Å². The van der Waals surface area contributed by atoms with Crippen molar-refractivity contribution in [3.63, 3.8) is 0 Å². The lowest BCUT2D eigenvalue weighted by atomic mass is 9.94. The highest BCUT2D eigenvalue weighted by Gasteiger charge is 2.33. The Morgan fingerprint density at radius 2 is 2.00 bits per heavy atom. The molecule has 1 aliphatic rings. The minimum atomic E-state index is -4.40. The van der Waals surface area contributed by atoms with Crippen molar-refractivity contribution in [1.29, 1.82) is 0 Å². The van der Waals surface area contributed by atoms with Crippen LogP contribution in [0.25, 0.3) is 0 Å². The molecule has 1 aromatic rings. The largest absolute Gasteiger partial charge is 0.434 e. The predicted molar refractivity (Wildman–Crippen MR) is 119 cm³/mol. The summed E-state index contributed by atoms with van der Waals surface area (Å²) < 4.78 is 37.8. The fourth-order valence-electron chi connectivity index (χ4n) is 3.24.